The van der Waals surface area contributed by atoms with Crippen LogP contribution in [0, 0.1) is 17.2 Å². The van der Waals surface area contributed by atoms with Crippen molar-refractivity contribution in [2.75, 3.05) is 33.2 Å². The lowest BCUT2D eigenvalue weighted by Crippen LogP contribution is -2.37. The molecule has 1 heterocycles. The van der Waals surface area contributed by atoms with Crippen molar-refractivity contribution in [3.05, 3.63) is 35.9 Å². The third kappa shape index (κ3) is 4.66. The molecule has 1 fully saturated rings. The van der Waals surface area contributed by atoms with Gasteiger partial charge in [-0.25, -0.2) is 0 Å². The van der Waals surface area contributed by atoms with Crippen LogP contribution in [0.15, 0.2) is 30.3 Å². The van der Waals surface area contributed by atoms with Gasteiger partial charge < -0.3 is 4.90 Å². The fraction of sp³-hybridized carbons (Fsp3) is 0.562. The second kappa shape index (κ2) is 7.28. The molecular formula is C16H23N3. The Balaban J connectivity index is 1.72. The number of benzene rings is 1. The van der Waals surface area contributed by atoms with Crippen LogP contribution in [0.4, 0.5) is 0 Å². The van der Waals surface area contributed by atoms with E-state index in [4.69, 9.17) is 5.26 Å². The van der Waals surface area contributed by atoms with Crippen molar-refractivity contribution >= 4 is 0 Å². The molecule has 1 aliphatic heterocycles. The summed E-state index contributed by atoms with van der Waals surface area (Å²) >= 11 is 0. The van der Waals surface area contributed by atoms with E-state index < -0.39 is 0 Å². The Morgan fingerprint density at radius 2 is 1.95 bits per heavy atom. The van der Waals surface area contributed by atoms with Gasteiger partial charge in [0, 0.05) is 13.1 Å². The summed E-state index contributed by atoms with van der Waals surface area (Å²) in [5.41, 5.74) is 1.38. The van der Waals surface area contributed by atoms with E-state index in [2.05, 4.69) is 53.2 Å². The predicted molar refractivity (Wildman–Crippen MR) is 77.6 cm³/mol. The van der Waals surface area contributed by atoms with E-state index in [9.17, 15) is 0 Å². The lowest BCUT2D eigenvalue weighted by Gasteiger charge is -2.32. The zero-order valence-electron chi connectivity index (χ0n) is 11.8. The largest absolute Gasteiger partial charge is 0.302 e. The zero-order chi connectivity index (χ0) is 13.5. The van der Waals surface area contributed by atoms with Crippen molar-refractivity contribution < 1.29 is 0 Å². The van der Waals surface area contributed by atoms with E-state index in [1.807, 2.05) is 0 Å². The first kappa shape index (κ1) is 14.0. The van der Waals surface area contributed by atoms with Crippen LogP contribution in [0.2, 0.25) is 0 Å². The van der Waals surface area contributed by atoms with Crippen LogP contribution in [0.25, 0.3) is 0 Å². The van der Waals surface area contributed by atoms with Gasteiger partial charge in [0.15, 0.2) is 0 Å². The highest BCUT2D eigenvalue weighted by Gasteiger charge is 2.19. The monoisotopic (exact) mass is 257 g/mol. The molecule has 1 aromatic carbocycles. The number of nitrogens with zero attached hydrogens (tertiary/aromatic N) is 3. The Bertz CT molecular complexity index is 402. The van der Waals surface area contributed by atoms with Gasteiger partial charge in [-0.1, -0.05) is 30.3 Å². The fourth-order valence-corrected chi connectivity index (χ4v) is 2.83. The van der Waals surface area contributed by atoms with Gasteiger partial charge in [-0.05, 0) is 44.5 Å². The van der Waals surface area contributed by atoms with Crippen LogP contribution in [-0.4, -0.2) is 43.0 Å². The summed E-state index contributed by atoms with van der Waals surface area (Å²) in [6, 6.07) is 12.9. The minimum absolute atomic E-state index is 0.590. The average Bonchev–Trinajstić information content (AvgIpc) is 2.42. The quantitative estimate of drug-likeness (QED) is 0.759. The molecule has 1 aliphatic rings. The van der Waals surface area contributed by atoms with Crippen molar-refractivity contribution in [3.8, 4) is 6.07 Å². The third-order valence-corrected chi connectivity index (χ3v) is 3.87. The average molecular weight is 257 g/mol. The lowest BCUT2D eigenvalue weighted by molar-refractivity contribution is 0.163. The van der Waals surface area contributed by atoms with E-state index in [1.165, 1.54) is 18.4 Å². The summed E-state index contributed by atoms with van der Waals surface area (Å²) in [6.07, 6.45) is 2.45. The molecule has 0 atom stereocenters. The van der Waals surface area contributed by atoms with Crippen molar-refractivity contribution in [3.63, 3.8) is 0 Å². The molecule has 0 bridgehead atoms. The summed E-state index contributed by atoms with van der Waals surface area (Å²) < 4.78 is 0. The molecule has 1 aromatic rings. The smallest absolute Gasteiger partial charge is 0.0865 e. The summed E-state index contributed by atoms with van der Waals surface area (Å²) in [7, 11) is 2.20. The predicted octanol–water partition coefficient (Wildman–Crippen LogP) is 2.35. The van der Waals surface area contributed by atoms with Crippen LogP contribution < -0.4 is 0 Å². The van der Waals surface area contributed by atoms with Crippen molar-refractivity contribution in [1.29, 1.82) is 5.26 Å². The number of hydrogen-bond acceptors (Lipinski definition) is 3. The maximum absolute atomic E-state index is 8.69. The Morgan fingerprint density at radius 3 is 2.58 bits per heavy atom. The summed E-state index contributed by atoms with van der Waals surface area (Å²) in [5.74, 6) is 0.781. The zero-order valence-corrected chi connectivity index (χ0v) is 11.8. The van der Waals surface area contributed by atoms with Crippen LogP contribution >= 0.6 is 0 Å². The van der Waals surface area contributed by atoms with E-state index in [0.29, 0.717) is 6.54 Å². The molecular weight excluding hydrogens is 234 g/mol. The number of piperidine rings is 1. The number of hydrogen-bond donors (Lipinski definition) is 0. The lowest BCUT2D eigenvalue weighted by atomic mass is 9.96. The topological polar surface area (TPSA) is 30.3 Å². The van der Waals surface area contributed by atoms with Gasteiger partial charge in [0.2, 0.25) is 0 Å². The van der Waals surface area contributed by atoms with Crippen LogP contribution in [-0.2, 0) is 6.54 Å². The molecule has 102 valence electrons. The first-order valence-electron chi connectivity index (χ1n) is 7.09. The maximum atomic E-state index is 8.69. The van der Waals surface area contributed by atoms with Gasteiger partial charge in [0.25, 0.3) is 0 Å². The summed E-state index contributed by atoms with van der Waals surface area (Å²) in [4.78, 5) is 4.67. The molecule has 0 aliphatic carbocycles. The highest BCUT2D eigenvalue weighted by molar-refractivity contribution is 5.14. The molecule has 0 radical (unpaired) electrons. The van der Waals surface area contributed by atoms with Gasteiger partial charge >= 0.3 is 0 Å². The number of rotatable bonds is 5. The van der Waals surface area contributed by atoms with Crippen molar-refractivity contribution in [2.45, 2.75) is 19.4 Å². The Morgan fingerprint density at radius 1 is 1.26 bits per heavy atom. The second-order valence-corrected chi connectivity index (χ2v) is 5.56. The van der Waals surface area contributed by atoms with E-state index in [0.717, 1.165) is 32.1 Å². The first-order chi connectivity index (χ1) is 9.28. The normalized spacial score (nSPS) is 17.5. The molecule has 0 spiro atoms. The molecule has 0 N–H and O–H groups in total. The van der Waals surface area contributed by atoms with Crippen molar-refractivity contribution in [1.82, 2.24) is 9.80 Å². The Labute approximate surface area is 116 Å². The molecule has 0 unspecified atom stereocenters. The minimum atomic E-state index is 0.590. The van der Waals surface area contributed by atoms with E-state index in [1.54, 1.807) is 0 Å². The van der Waals surface area contributed by atoms with Gasteiger partial charge in [-0.15, -0.1) is 0 Å². The van der Waals surface area contributed by atoms with E-state index >= 15 is 0 Å². The van der Waals surface area contributed by atoms with Gasteiger partial charge in [0.1, 0.15) is 0 Å². The fourth-order valence-electron chi connectivity index (χ4n) is 2.83. The molecule has 0 amide bonds. The molecule has 2 rings (SSSR count). The molecule has 1 saturated heterocycles. The van der Waals surface area contributed by atoms with Crippen LogP contribution in [0.1, 0.15) is 18.4 Å². The molecule has 19 heavy (non-hydrogen) atoms. The standard InChI is InChI=1S/C16H23N3/c1-18(13-15-5-3-2-4-6-15)14-16-7-10-19(11-8-16)12-9-17/h2-6,16H,7-8,10-14H2,1H3. The highest BCUT2D eigenvalue weighted by atomic mass is 15.1. The number of likely N-dealkylation sites (tertiary alicyclic amines) is 1. The van der Waals surface area contributed by atoms with Gasteiger partial charge in [0.05, 0.1) is 12.6 Å². The van der Waals surface area contributed by atoms with Crippen LogP contribution in [0.3, 0.4) is 0 Å². The maximum Gasteiger partial charge on any atom is 0.0865 e. The summed E-state index contributed by atoms with van der Waals surface area (Å²) in [6.45, 7) is 4.94. The van der Waals surface area contributed by atoms with E-state index in [-0.39, 0.29) is 0 Å². The third-order valence-electron chi connectivity index (χ3n) is 3.87. The Hall–Kier alpha value is -1.37. The minimum Gasteiger partial charge on any atom is -0.302 e. The molecule has 0 saturated carbocycles. The van der Waals surface area contributed by atoms with Gasteiger partial charge in [-0.2, -0.15) is 5.26 Å². The molecule has 0 aromatic heterocycles. The highest BCUT2D eigenvalue weighted by Crippen LogP contribution is 2.18. The summed E-state index contributed by atoms with van der Waals surface area (Å²) in [5, 5.41) is 8.69. The Kier molecular flexibility index (Phi) is 5.38. The number of nitriles is 1. The molecule has 3 heteroatoms. The van der Waals surface area contributed by atoms with Crippen molar-refractivity contribution in [2.24, 2.45) is 5.92 Å². The first-order valence-corrected chi connectivity index (χ1v) is 7.09. The SMILES string of the molecule is CN(Cc1ccccc1)CC1CCN(CC#N)CC1. The van der Waals surface area contributed by atoms with Gasteiger partial charge in [-0.3, -0.25) is 4.90 Å². The van der Waals surface area contributed by atoms with Crippen LogP contribution in [0.5, 0.6) is 0 Å². The second-order valence-electron chi connectivity index (χ2n) is 5.56. The molecule has 3 nitrogen and oxygen atoms in total.